The van der Waals surface area contributed by atoms with E-state index in [9.17, 15) is 43.8 Å². The van der Waals surface area contributed by atoms with Crippen molar-refractivity contribution < 1.29 is 43.8 Å². The Kier molecular flexibility index (Phi) is 18.4. The first-order valence-corrected chi connectivity index (χ1v) is 18.1. The maximum absolute atomic E-state index is 13.7. The molecule has 2 rings (SSSR count). The summed E-state index contributed by atoms with van der Waals surface area (Å²) in [6.45, 7) is 4.25. The molecule has 1 aromatic carbocycles. The van der Waals surface area contributed by atoms with Crippen LogP contribution < -0.4 is 38.5 Å². The van der Waals surface area contributed by atoms with Crippen molar-refractivity contribution in [3.8, 4) is 5.75 Å². The molecule has 17 nitrogen and oxygen atoms in total. The van der Waals surface area contributed by atoms with Gasteiger partial charge in [0.15, 0.2) is 0 Å². The maximum Gasteiger partial charge on any atom is 0.326 e. The maximum atomic E-state index is 13.7. The molecule has 1 fully saturated rings. The van der Waals surface area contributed by atoms with Gasteiger partial charge in [0.25, 0.3) is 0 Å². The summed E-state index contributed by atoms with van der Waals surface area (Å²) in [4.78, 5) is 91.7. The van der Waals surface area contributed by atoms with E-state index in [1.165, 1.54) is 29.2 Å². The fraction of sp³-hybridized carbons (Fsp3) is 0.618. The number of nitrogens with one attached hydrogen (secondary N) is 4. The molecule has 0 aromatic heterocycles. The van der Waals surface area contributed by atoms with Crippen LogP contribution in [0.3, 0.4) is 0 Å². The summed E-state index contributed by atoms with van der Waals surface area (Å²) in [5, 5.41) is 29.6. The molecule has 18 heteroatoms. The number of nitrogens with zero attached hydrogens (tertiary/aromatic N) is 1. The van der Waals surface area contributed by atoms with Gasteiger partial charge in [0, 0.05) is 25.1 Å². The number of aliphatic carboxylic acids is 1. The van der Waals surface area contributed by atoms with Gasteiger partial charge in [-0.05, 0) is 75.1 Å². The van der Waals surface area contributed by atoms with Gasteiger partial charge < -0.3 is 53.6 Å². The molecule has 6 atom stereocenters. The number of carboxylic acid groups (broad SMARTS) is 1. The summed E-state index contributed by atoms with van der Waals surface area (Å²) in [7, 11) is 0. The van der Waals surface area contributed by atoms with Crippen LogP contribution in [0.5, 0.6) is 5.75 Å². The second-order valence-corrected chi connectivity index (χ2v) is 13.7. The van der Waals surface area contributed by atoms with Gasteiger partial charge in [0.2, 0.25) is 35.4 Å². The van der Waals surface area contributed by atoms with Crippen LogP contribution in [0.4, 0.5) is 0 Å². The van der Waals surface area contributed by atoms with E-state index >= 15 is 0 Å². The average Bonchev–Trinajstić information content (AvgIpc) is 3.58. The highest BCUT2D eigenvalue weighted by Crippen LogP contribution is 2.20. The van der Waals surface area contributed by atoms with Crippen molar-refractivity contribution in [1.82, 2.24) is 26.2 Å². The number of benzene rings is 1. The molecule has 1 saturated heterocycles. The van der Waals surface area contributed by atoms with E-state index in [0.29, 0.717) is 37.8 Å². The Bertz CT molecular complexity index is 1400. The van der Waals surface area contributed by atoms with Crippen LogP contribution in [0.25, 0.3) is 0 Å². The van der Waals surface area contributed by atoms with Crippen molar-refractivity contribution in [3.63, 3.8) is 0 Å². The third-order valence-electron chi connectivity index (χ3n) is 8.58. The predicted molar refractivity (Wildman–Crippen MR) is 195 cm³/mol. The lowest BCUT2D eigenvalue weighted by molar-refractivity contribution is -0.144. The Hall–Kier alpha value is -4.42. The monoisotopic (exact) mass is 750 g/mol. The van der Waals surface area contributed by atoms with Crippen molar-refractivity contribution in [1.29, 1.82) is 0 Å². The van der Waals surface area contributed by atoms with Crippen molar-refractivity contribution in [2.24, 2.45) is 23.1 Å². The highest BCUT2D eigenvalue weighted by Gasteiger charge is 2.39. The van der Waals surface area contributed by atoms with Crippen molar-refractivity contribution in [3.05, 3.63) is 29.8 Å². The summed E-state index contributed by atoms with van der Waals surface area (Å²) in [6, 6.07) is -0.995. The van der Waals surface area contributed by atoms with Crippen LogP contribution in [0.15, 0.2) is 24.3 Å². The van der Waals surface area contributed by atoms with Gasteiger partial charge in [-0.1, -0.05) is 26.0 Å². The Morgan fingerprint density at radius 2 is 1.48 bits per heavy atom. The number of nitrogens with two attached hydrogens (primary N) is 3. The number of phenols is 1. The van der Waals surface area contributed by atoms with E-state index in [1.807, 2.05) is 13.8 Å². The molecule has 0 unspecified atom stereocenters. The number of thiol groups is 1. The van der Waals surface area contributed by atoms with E-state index in [4.69, 9.17) is 17.2 Å². The van der Waals surface area contributed by atoms with Crippen LogP contribution >= 0.6 is 12.6 Å². The first-order chi connectivity index (χ1) is 24.6. The van der Waals surface area contributed by atoms with Gasteiger partial charge in [-0.25, -0.2) is 4.79 Å². The van der Waals surface area contributed by atoms with Gasteiger partial charge in [-0.3, -0.25) is 28.8 Å². The molecule has 0 aliphatic carbocycles. The number of carboxylic acids is 1. The normalized spacial score (nSPS) is 17.0. The molecular weight excluding hydrogens is 696 g/mol. The number of likely N-dealkylation sites (tertiary alicyclic amines) is 1. The average molecular weight is 751 g/mol. The zero-order chi connectivity index (χ0) is 39.0. The SMILES string of the molecule is CC(C)C[C@H](N)C(=O)N[C@@H](CCC(N)=O)C(=O)N[C@@H](CCCCN)C(=O)N[C@@H](CS)C(=O)N1CCC[C@H]1C(=O)N[C@@H](Cc1ccc(O)cc1)C(=O)O. The number of hydrogen-bond donors (Lipinski definition) is 10. The minimum absolute atomic E-state index is 0.00508. The molecule has 1 aliphatic heterocycles. The number of aromatic hydroxyl groups is 1. The predicted octanol–water partition coefficient (Wildman–Crippen LogP) is -1.35. The minimum atomic E-state index is -1.31. The van der Waals surface area contributed by atoms with E-state index in [-0.39, 0.29) is 56.1 Å². The topological polar surface area (TPSA) is 289 Å². The molecule has 6 amide bonds. The van der Waals surface area contributed by atoms with E-state index < -0.39 is 77.7 Å². The summed E-state index contributed by atoms with van der Waals surface area (Å²) < 4.78 is 0. The zero-order valence-corrected chi connectivity index (χ0v) is 30.6. The van der Waals surface area contributed by atoms with E-state index in [2.05, 4.69) is 33.9 Å². The standard InChI is InChI=1S/C34H54N8O9S/c1-19(2)16-22(36)29(45)38-24(12-13-28(37)44)31(47)39-23(6-3-4-14-35)30(46)41-26(18-52)33(49)42-15-5-7-27(42)32(48)40-25(34(50)51)17-20-8-10-21(43)11-9-20/h8-11,19,22-27,43,52H,3-7,12-18,35-36H2,1-2H3,(H2,37,44)(H,38,45)(H,39,47)(H,40,48)(H,41,46)(H,50,51)/t22-,23-,24-,25-,26-,27-/m0/s1. The first kappa shape index (κ1) is 43.7. The number of carbonyl (C=O) groups excluding carboxylic acids is 6. The molecule has 1 aromatic rings. The summed E-state index contributed by atoms with van der Waals surface area (Å²) in [5.74, 6) is -5.44. The lowest BCUT2D eigenvalue weighted by atomic mass is 10.0. The fourth-order valence-corrected chi connectivity index (χ4v) is 6.03. The van der Waals surface area contributed by atoms with Crippen LogP contribution in [-0.4, -0.2) is 112 Å². The van der Waals surface area contributed by atoms with Gasteiger partial charge in [0.05, 0.1) is 6.04 Å². The second kappa shape index (κ2) is 21.8. The quantitative estimate of drug-likeness (QED) is 0.0488. The zero-order valence-electron chi connectivity index (χ0n) is 29.7. The smallest absolute Gasteiger partial charge is 0.326 e. The molecule has 0 bridgehead atoms. The van der Waals surface area contributed by atoms with Crippen molar-refractivity contribution in [2.45, 2.75) is 108 Å². The van der Waals surface area contributed by atoms with E-state index in [0.717, 1.165) is 0 Å². The number of hydrogen-bond acceptors (Lipinski definition) is 11. The summed E-state index contributed by atoms with van der Waals surface area (Å²) >= 11 is 4.27. The van der Waals surface area contributed by atoms with Crippen molar-refractivity contribution in [2.75, 3.05) is 18.8 Å². The van der Waals surface area contributed by atoms with Gasteiger partial charge in [0.1, 0.15) is 36.0 Å². The van der Waals surface area contributed by atoms with Gasteiger partial charge in [-0.2, -0.15) is 12.6 Å². The highest BCUT2D eigenvalue weighted by atomic mass is 32.1. The molecule has 0 radical (unpaired) electrons. The van der Waals surface area contributed by atoms with Crippen molar-refractivity contribution >= 4 is 54.0 Å². The van der Waals surface area contributed by atoms with Crippen LogP contribution in [0, 0.1) is 5.92 Å². The first-order valence-electron chi connectivity index (χ1n) is 17.4. The van der Waals surface area contributed by atoms with E-state index in [1.54, 1.807) is 0 Å². The number of carbonyl (C=O) groups is 7. The molecule has 290 valence electrons. The number of unbranched alkanes of at least 4 members (excludes halogenated alkanes) is 1. The lowest BCUT2D eigenvalue weighted by Crippen LogP contribution is -2.59. The lowest BCUT2D eigenvalue weighted by Gasteiger charge is -2.30. The molecule has 0 spiro atoms. The third kappa shape index (κ3) is 14.3. The Morgan fingerprint density at radius 3 is 2.04 bits per heavy atom. The molecule has 12 N–H and O–H groups in total. The Balaban J connectivity index is 2.18. The summed E-state index contributed by atoms with van der Waals surface area (Å²) in [5.41, 5.74) is 17.5. The fourth-order valence-electron chi connectivity index (χ4n) is 5.78. The van der Waals surface area contributed by atoms with Crippen LogP contribution in [0.1, 0.15) is 70.8 Å². The third-order valence-corrected chi connectivity index (χ3v) is 8.95. The number of rotatable bonds is 22. The molecule has 52 heavy (non-hydrogen) atoms. The number of amides is 6. The number of phenolic OH excluding ortho intramolecular Hbond substituents is 1. The number of primary amides is 1. The van der Waals surface area contributed by atoms with Crippen LogP contribution in [-0.2, 0) is 40.0 Å². The van der Waals surface area contributed by atoms with Crippen LogP contribution in [0.2, 0.25) is 0 Å². The van der Waals surface area contributed by atoms with Gasteiger partial charge >= 0.3 is 5.97 Å². The molecular formula is C34H54N8O9S. The Morgan fingerprint density at radius 1 is 0.885 bits per heavy atom. The molecule has 1 aliphatic rings. The molecule has 0 saturated carbocycles. The summed E-state index contributed by atoms with van der Waals surface area (Å²) in [6.07, 6.45) is 1.68. The Labute approximate surface area is 308 Å². The molecule has 1 heterocycles. The van der Waals surface area contributed by atoms with Gasteiger partial charge in [-0.15, -0.1) is 0 Å². The highest BCUT2D eigenvalue weighted by molar-refractivity contribution is 7.80. The second-order valence-electron chi connectivity index (χ2n) is 13.4. The largest absolute Gasteiger partial charge is 0.508 e. The minimum Gasteiger partial charge on any atom is -0.508 e.